The third kappa shape index (κ3) is 3.24. The van der Waals surface area contributed by atoms with Crippen LogP contribution in [0.5, 0.6) is 0 Å². The number of alkyl halides is 3. The fraction of sp³-hybridized carbons (Fsp3) is 0.579. The van der Waals surface area contributed by atoms with Crippen molar-refractivity contribution in [1.29, 1.82) is 0 Å². The van der Waals surface area contributed by atoms with Crippen molar-refractivity contribution in [2.24, 2.45) is 11.8 Å². The molecule has 0 spiro atoms. The lowest BCUT2D eigenvalue weighted by molar-refractivity contribution is -0.141. The van der Waals surface area contributed by atoms with Gasteiger partial charge in [-0.25, -0.2) is 9.97 Å². The van der Waals surface area contributed by atoms with Crippen LogP contribution in [0.25, 0.3) is 0 Å². The van der Waals surface area contributed by atoms with Crippen LogP contribution < -0.4 is 4.90 Å². The van der Waals surface area contributed by atoms with Crippen LogP contribution in [0, 0.1) is 11.8 Å². The molecule has 4 heterocycles. The molecule has 7 nitrogen and oxygen atoms in total. The molecule has 0 saturated carbocycles. The molecule has 2 unspecified atom stereocenters. The molecule has 3 aliphatic rings. The highest BCUT2D eigenvalue weighted by atomic mass is 19.4. The molecule has 10 heteroatoms. The van der Waals surface area contributed by atoms with Crippen molar-refractivity contribution in [3.05, 3.63) is 35.0 Å². The van der Waals surface area contributed by atoms with Gasteiger partial charge in [-0.1, -0.05) is 5.16 Å². The Morgan fingerprint density at radius 1 is 1.10 bits per heavy atom. The number of halogens is 3. The summed E-state index contributed by atoms with van der Waals surface area (Å²) >= 11 is 0. The van der Waals surface area contributed by atoms with Gasteiger partial charge in [0.15, 0.2) is 0 Å². The zero-order valence-electron chi connectivity index (χ0n) is 15.7. The molecule has 2 atom stereocenters. The number of hydrogen-bond acceptors (Lipinski definition) is 6. The first kappa shape index (κ1) is 18.4. The number of nitrogens with zero attached hydrogens (tertiary/aromatic N) is 5. The maximum Gasteiger partial charge on any atom is 0.433 e. The summed E-state index contributed by atoms with van der Waals surface area (Å²) in [5.41, 5.74) is 0.899. The Labute approximate surface area is 164 Å². The number of rotatable bonds is 2. The molecule has 0 N–H and O–H groups in total. The Morgan fingerprint density at radius 2 is 1.83 bits per heavy atom. The number of amides is 1. The van der Waals surface area contributed by atoms with Crippen molar-refractivity contribution in [2.75, 3.05) is 31.1 Å². The Hall–Kier alpha value is -2.65. The highest BCUT2D eigenvalue weighted by molar-refractivity contribution is 5.93. The number of aryl methyl sites for hydroxylation is 1. The molecule has 1 amide bonds. The first-order chi connectivity index (χ1) is 13.9. The third-order valence-electron chi connectivity index (χ3n) is 6.14. The number of hydrogen-bond donors (Lipinski definition) is 0. The Morgan fingerprint density at radius 3 is 2.55 bits per heavy atom. The van der Waals surface area contributed by atoms with E-state index in [9.17, 15) is 18.0 Å². The smallest absolute Gasteiger partial charge is 0.350 e. The Bertz CT molecular complexity index is 930. The number of likely N-dealkylation sites (tertiary alicyclic amines) is 1. The van der Waals surface area contributed by atoms with E-state index in [1.54, 1.807) is 9.80 Å². The second kappa shape index (κ2) is 6.70. The molecule has 2 aromatic rings. The lowest BCUT2D eigenvalue weighted by Gasteiger charge is -2.22. The monoisotopic (exact) mass is 407 g/mol. The van der Waals surface area contributed by atoms with E-state index in [0.29, 0.717) is 31.9 Å². The van der Waals surface area contributed by atoms with Crippen LogP contribution in [-0.4, -0.2) is 52.1 Å². The molecule has 2 aromatic heterocycles. The maximum atomic E-state index is 12.9. The average molecular weight is 407 g/mol. The van der Waals surface area contributed by atoms with Crippen LogP contribution in [0.15, 0.2) is 16.8 Å². The standard InChI is InChI=1S/C19H20F3N5O2/c20-19(21,22)15-5-6-23-18(24-15)27-9-11-7-26(8-12(11)10-27)17(28)16-13-3-1-2-4-14(13)25-29-16/h5-6,11-12H,1-4,7-10H2. The molecule has 29 heavy (non-hydrogen) atoms. The number of fused-ring (bicyclic) bond motifs is 2. The summed E-state index contributed by atoms with van der Waals surface area (Å²) in [5.74, 6) is 0.678. The summed E-state index contributed by atoms with van der Waals surface area (Å²) in [4.78, 5) is 24.2. The molecule has 1 aliphatic carbocycles. The van der Waals surface area contributed by atoms with Gasteiger partial charge in [0.05, 0.1) is 5.69 Å². The lowest BCUT2D eigenvalue weighted by atomic mass is 9.96. The highest BCUT2D eigenvalue weighted by Crippen LogP contribution is 2.35. The fourth-order valence-electron chi connectivity index (χ4n) is 4.68. The summed E-state index contributed by atoms with van der Waals surface area (Å²) in [6, 6.07) is 0.874. The summed E-state index contributed by atoms with van der Waals surface area (Å²) < 4.78 is 44.1. The zero-order chi connectivity index (χ0) is 20.2. The van der Waals surface area contributed by atoms with E-state index in [-0.39, 0.29) is 23.7 Å². The Balaban J connectivity index is 1.27. The molecular weight excluding hydrogens is 387 g/mol. The molecule has 0 aromatic carbocycles. The van der Waals surface area contributed by atoms with Gasteiger partial charge >= 0.3 is 6.18 Å². The number of carbonyl (C=O) groups excluding carboxylic acids is 1. The molecule has 2 fully saturated rings. The maximum absolute atomic E-state index is 12.9. The number of anilines is 1. The van der Waals surface area contributed by atoms with Crippen LogP contribution in [0.1, 0.15) is 40.3 Å². The van der Waals surface area contributed by atoms with Crippen LogP contribution in [0.4, 0.5) is 19.1 Å². The van der Waals surface area contributed by atoms with Gasteiger partial charge < -0.3 is 14.3 Å². The van der Waals surface area contributed by atoms with Crippen LogP contribution in [-0.2, 0) is 19.0 Å². The van der Waals surface area contributed by atoms with Crippen LogP contribution in [0.3, 0.4) is 0 Å². The minimum Gasteiger partial charge on any atom is -0.350 e. The van der Waals surface area contributed by atoms with Gasteiger partial charge in [0, 0.05) is 49.8 Å². The van der Waals surface area contributed by atoms with E-state index in [1.807, 2.05) is 0 Å². The molecule has 2 saturated heterocycles. The first-order valence-electron chi connectivity index (χ1n) is 9.82. The minimum absolute atomic E-state index is 0.0939. The third-order valence-corrected chi connectivity index (χ3v) is 6.14. The van der Waals surface area contributed by atoms with Crippen molar-refractivity contribution in [1.82, 2.24) is 20.0 Å². The summed E-state index contributed by atoms with van der Waals surface area (Å²) in [6.45, 7) is 2.16. The molecule has 0 bridgehead atoms. The van der Waals surface area contributed by atoms with Gasteiger partial charge in [0.25, 0.3) is 5.91 Å². The van der Waals surface area contributed by atoms with Gasteiger partial charge in [0.2, 0.25) is 11.7 Å². The summed E-state index contributed by atoms with van der Waals surface area (Å²) in [5, 5.41) is 4.06. The van der Waals surface area contributed by atoms with Crippen LogP contribution >= 0.6 is 0 Å². The topological polar surface area (TPSA) is 75.4 Å². The van der Waals surface area contributed by atoms with Gasteiger partial charge in [-0.2, -0.15) is 13.2 Å². The number of aromatic nitrogens is 3. The minimum atomic E-state index is -4.49. The molecule has 154 valence electrons. The van der Waals surface area contributed by atoms with E-state index in [4.69, 9.17) is 4.52 Å². The van der Waals surface area contributed by atoms with E-state index in [2.05, 4.69) is 15.1 Å². The second-order valence-corrected chi connectivity index (χ2v) is 8.02. The quantitative estimate of drug-likeness (QED) is 0.762. The van der Waals surface area contributed by atoms with Crippen molar-refractivity contribution >= 4 is 11.9 Å². The van der Waals surface area contributed by atoms with Gasteiger partial charge in [0.1, 0.15) is 5.69 Å². The van der Waals surface area contributed by atoms with Crippen molar-refractivity contribution in [3.63, 3.8) is 0 Å². The largest absolute Gasteiger partial charge is 0.433 e. The predicted octanol–water partition coefficient (Wildman–Crippen LogP) is 2.57. The molecule has 2 aliphatic heterocycles. The van der Waals surface area contributed by atoms with E-state index < -0.39 is 11.9 Å². The van der Waals surface area contributed by atoms with Gasteiger partial charge in [-0.05, 0) is 31.7 Å². The van der Waals surface area contributed by atoms with E-state index in [0.717, 1.165) is 49.2 Å². The normalized spacial score (nSPS) is 24.0. The lowest BCUT2D eigenvalue weighted by Crippen LogP contribution is -2.34. The van der Waals surface area contributed by atoms with E-state index in [1.165, 1.54) is 0 Å². The summed E-state index contributed by atoms with van der Waals surface area (Å²) in [6.07, 6.45) is 0.416. The summed E-state index contributed by atoms with van der Waals surface area (Å²) in [7, 11) is 0. The number of carbonyl (C=O) groups is 1. The van der Waals surface area contributed by atoms with E-state index >= 15 is 0 Å². The fourth-order valence-corrected chi connectivity index (χ4v) is 4.68. The first-order valence-corrected chi connectivity index (χ1v) is 9.82. The molecular formula is C19H20F3N5O2. The SMILES string of the molecule is O=C(c1onc2c1CCCC2)N1CC2CN(c3nccc(C(F)(F)F)n3)CC2C1. The Kier molecular flexibility index (Phi) is 4.25. The highest BCUT2D eigenvalue weighted by Gasteiger charge is 2.44. The van der Waals surface area contributed by atoms with Crippen LogP contribution in [0.2, 0.25) is 0 Å². The molecule has 5 rings (SSSR count). The average Bonchev–Trinajstić information content (AvgIpc) is 3.39. The van der Waals surface area contributed by atoms with Crippen molar-refractivity contribution < 1.29 is 22.5 Å². The molecule has 0 radical (unpaired) electrons. The second-order valence-electron chi connectivity index (χ2n) is 8.02. The van der Waals surface area contributed by atoms with Gasteiger partial charge in [-0.3, -0.25) is 4.79 Å². The zero-order valence-corrected chi connectivity index (χ0v) is 15.7. The van der Waals surface area contributed by atoms with Crippen molar-refractivity contribution in [3.8, 4) is 0 Å². The van der Waals surface area contributed by atoms with Gasteiger partial charge in [-0.15, -0.1) is 0 Å². The predicted molar refractivity (Wildman–Crippen MR) is 95.3 cm³/mol. The van der Waals surface area contributed by atoms with Crippen molar-refractivity contribution in [2.45, 2.75) is 31.9 Å².